The number of hydrogen-bond donors (Lipinski definition) is 3. The summed E-state index contributed by atoms with van der Waals surface area (Å²) in [4.78, 5) is 17.4. The van der Waals surface area contributed by atoms with E-state index in [9.17, 15) is 4.79 Å². The molecule has 1 aromatic rings. The first-order chi connectivity index (χ1) is 5.72. The van der Waals surface area contributed by atoms with Crippen molar-refractivity contribution in [2.24, 2.45) is 0 Å². The Kier molecular flexibility index (Phi) is 2.54. The third kappa shape index (κ3) is 2.17. The molecule has 0 atom stereocenters. The zero-order valence-corrected chi connectivity index (χ0v) is 6.06. The Balaban J connectivity index is 2.79. The fourth-order valence-corrected chi connectivity index (χ4v) is 0.640. The lowest BCUT2D eigenvalue weighted by molar-refractivity contribution is 0.209. The molecular formula is C6H7N3O3. The molecule has 3 N–H and O–H groups in total. The molecular weight excluding hydrogens is 162 g/mol. The minimum atomic E-state index is -1.23. The Morgan fingerprint density at radius 2 is 2.42 bits per heavy atom. The topological polar surface area (TPSA) is 95.3 Å². The van der Waals surface area contributed by atoms with Crippen LogP contribution < -0.4 is 5.32 Å². The van der Waals surface area contributed by atoms with Gasteiger partial charge in [-0.05, 0) is 6.07 Å². The predicted molar refractivity (Wildman–Crippen MR) is 39.6 cm³/mol. The van der Waals surface area contributed by atoms with Gasteiger partial charge in [-0.3, -0.25) is 5.32 Å². The number of nitrogens with one attached hydrogen (secondary N) is 1. The molecule has 64 valence electrons. The van der Waals surface area contributed by atoms with Crippen molar-refractivity contribution in [3.8, 4) is 0 Å². The van der Waals surface area contributed by atoms with Gasteiger partial charge in [0.15, 0.2) is 0 Å². The normalized spacial score (nSPS) is 9.42. The van der Waals surface area contributed by atoms with Crippen LogP contribution >= 0.6 is 0 Å². The summed E-state index contributed by atoms with van der Waals surface area (Å²) in [5, 5.41) is 18.9. The average molecular weight is 169 g/mol. The third-order valence-corrected chi connectivity index (χ3v) is 1.09. The number of aliphatic hydroxyl groups excluding tert-OH is 1. The summed E-state index contributed by atoms with van der Waals surface area (Å²) in [5.74, 6) is -0.0333. The molecule has 12 heavy (non-hydrogen) atoms. The lowest BCUT2D eigenvalue weighted by Crippen LogP contribution is -2.11. The molecule has 0 radical (unpaired) electrons. The number of nitrogens with zero attached hydrogens (tertiary/aromatic N) is 2. The molecule has 0 aliphatic heterocycles. The van der Waals surface area contributed by atoms with Gasteiger partial charge < -0.3 is 10.2 Å². The molecule has 1 amide bonds. The van der Waals surface area contributed by atoms with Crippen LogP contribution in [0.15, 0.2) is 12.3 Å². The number of aromatic nitrogens is 2. The summed E-state index contributed by atoms with van der Waals surface area (Å²) in [6.07, 6.45) is 0.134. The number of anilines is 1. The van der Waals surface area contributed by atoms with Crippen LogP contribution in [-0.4, -0.2) is 26.3 Å². The molecule has 0 saturated heterocycles. The van der Waals surface area contributed by atoms with Crippen LogP contribution in [0.25, 0.3) is 0 Å². The molecule has 0 saturated carbocycles. The van der Waals surface area contributed by atoms with E-state index in [0.29, 0.717) is 5.69 Å². The van der Waals surface area contributed by atoms with Crippen molar-refractivity contribution in [1.29, 1.82) is 0 Å². The number of carboxylic acid groups (broad SMARTS) is 1. The average Bonchev–Trinajstić information content (AvgIpc) is 2.03. The molecule has 1 rings (SSSR count). The van der Waals surface area contributed by atoms with Gasteiger partial charge in [-0.15, -0.1) is 0 Å². The second kappa shape index (κ2) is 3.63. The Hall–Kier alpha value is -1.69. The van der Waals surface area contributed by atoms with Crippen molar-refractivity contribution in [1.82, 2.24) is 9.97 Å². The first-order valence-corrected chi connectivity index (χ1v) is 3.15. The van der Waals surface area contributed by atoms with Gasteiger partial charge in [0.25, 0.3) is 0 Å². The van der Waals surface area contributed by atoms with Gasteiger partial charge in [0.05, 0.1) is 12.3 Å². The second-order valence-electron chi connectivity index (χ2n) is 1.96. The smallest absolute Gasteiger partial charge is 0.411 e. The number of rotatable bonds is 2. The van der Waals surface area contributed by atoms with Crippen molar-refractivity contribution in [2.75, 3.05) is 5.32 Å². The molecule has 0 fully saturated rings. The largest absolute Gasteiger partial charge is 0.465 e. The van der Waals surface area contributed by atoms with Crippen LogP contribution in [0.5, 0.6) is 0 Å². The van der Waals surface area contributed by atoms with E-state index in [0.717, 1.165) is 0 Å². The number of amides is 1. The van der Waals surface area contributed by atoms with Crippen molar-refractivity contribution in [3.05, 3.63) is 18.0 Å². The van der Waals surface area contributed by atoms with Crippen LogP contribution in [0.4, 0.5) is 10.7 Å². The zero-order chi connectivity index (χ0) is 8.97. The highest BCUT2D eigenvalue weighted by atomic mass is 16.4. The molecule has 0 unspecified atom stereocenters. The Morgan fingerprint density at radius 3 is 3.00 bits per heavy atom. The summed E-state index contributed by atoms with van der Waals surface area (Å²) in [5.41, 5.74) is 0.369. The first-order valence-electron chi connectivity index (χ1n) is 3.15. The van der Waals surface area contributed by atoms with E-state index in [1.165, 1.54) is 12.3 Å². The van der Waals surface area contributed by atoms with E-state index in [2.05, 4.69) is 9.97 Å². The molecule has 0 aromatic carbocycles. The maximum absolute atomic E-state index is 10.1. The van der Waals surface area contributed by atoms with E-state index in [1.54, 1.807) is 0 Å². The lowest BCUT2D eigenvalue weighted by atomic mass is 10.4. The summed E-state index contributed by atoms with van der Waals surface area (Å²) in [6, 6.07) is 1.49. The Bertz CT molecular complexity index is 289. The standard InChI is InChI=1S/C6H7N3O3/c10-3-4-1-2-7-5(8-4)9-6(11)12/h1-2,10H,3H2,(H,11,12)(H,7,8,9). The second-order valence-corrected chi connectivity index (χ2v) is 1.96. The fraction of sp³-hybridized carbons (Fsp3) is 0.167. The Morgan fingerprint density at radius 1 is 1.67 bits per heavy atom. The molecule has 0 spiro atoms. The fourth-order valence-electron chi connectivity index (χ4n) is 0.640. The summed E-state index contributed by atoms with van der Waals surface area (Å²) in [7, 11) is 0. The van der Waals surface area contributed by atoms with Crippen LogP contribution in [0.1, 0.15) is 5.69 Å². The predicted octanol–water partition coefficient (Wildman–Crippen LogP) is 0.0588. The van der Waals surface area contributed by atoms with Gasteiger partial charge in [0.1, 0.15) is 0 Å². The molecule has 0 aliphatic carbocycles. The minimum Gasteiger partial charge on any atom is -0.465 e. The SMILES string of the molecule is O=C(O)Nc1nccc(CO)n1. The van der Waals surface area contributed by atoms with Gasteiger partial charge in [-0.2, -0.15) is 0 Å². The van der Waals surface area contributed by atoms with E-state index >= 15 is 0 Å². The van der Waals surface area contributed by atoms with E-state index < -0.39 is 6.09 Å². The van der Waals surface area contributed by atoms with Gasteiger partial charge in [0, 0.05) is 6.20 Å². The highest BCUT2D eigenvalue weighted by Crippen LogP contribution is 1.99. The van der Waals surface area contributed by atoms with E-state index in [4.69, 9.17) is 10.2 Å². The van der Waals surface area contributed by atoms with E-state index in [1.807, 2.05) is 5.32 Å². The molecule has 6 heteroatoms. The Labute approximate surface area is 67.9 Å². The first kappa shape index (κ1) is 8.41. The molecule has 6 nitrogen and oxygen atoms in total. The van der Waals surface area contributed by atoms with Crippen LogP contribution in [0, 0.1) is 0 Å². The van der Waals surface area contributed by atoms with E-state index in [-0.39, 0.29) is 12.6 Å². The maximum atomic E-state index is 10.1. The molecule has 0 bridgehead atoms. The van der Waals surface area contributed by atoms with Gasteiger partial charge in [-0.1, -0.05) is 0 Å². The number of carbonyl (C=O) groups is 1. The molecule has 0 aliphatic rings. The quantitative estimate of drug-likeness (QED) is 0.581. The number of aliphatic hydroxyl groups is 1. The van der Waals surface area contributed by atoms with Crippen molar-refractivity contribution in [3.63, 3.8) is 0 Å². The van der Waals surface area contributed by atoms with Gasteiger partial charge in [-0.25, -0.2) is 14.8 Å². The van der Waals surface area contributed by atoms with Crippen LogP contribution in [0.3, 0.4) is 0 Å². The van der Waals surface area contributed by atoms with Crippen molar-refractivity contribution in [2.45, 2.75) is 6.61 Å². The van der Waals surface area contributed by atoms with Crippen molar-refractivity contribution >= 4 is 12.0 Å². The molecule has 1 aromatic heterocycles. The van der Waals surface area contributed by atoms with Gasteiger partial charge >= 0.3 is 6.09 Å². The third-order valence-electron chi connectivity index (χ3n) is 1.09. The number of hydrogen-bond acceptors (Lipinski definition) is 4. The highest BCUT2D eigenvalue weighted by molar-refractivity contribution is 5.80. The van der Waals surface area contributed by atoms with Gasteiger partial charge in [0.2, 0.25) is 5.95 Å². The minimum absolute atomic E-state index is 0.0333. The molecule has 1 heterocycles. The summed E-state index contributed by atoms with van der Waals surface area (Å²) >= 11 is 0. The zero-order valence-electron chi connectivity index (χ0n) is 6.06. The maximum Gasteiger partial charge on any atom is 0.411 e. The van der Waals surface area contributed by atoms with Crippen LogP contribution in [-0.2, 0) is 6.61 Å². The lowest BCUT2D eigenvalue weighted by Gasteiger charge is -1.99. The van der Waals surface area contributed by atoms with Crippen molar-refractivity contribution < 1.29 is 15.0 Å². The monoisotopic (exact) mass is 169 g/mol. The summed E-state index contributed by atoms with van der Waals surface area (Å²) < 4.78 is 0. The van der Waals surface area contributed by atoms with Crippen LogP contribution in [0.2, 0.25) is 0 Å². The highest BCUT2D eigenvalue weighted by Gasteiger charge is 2.00. The summed E-state index contributed by atoms with van der Waals surface area (Å²) in [6.45, 7) is -0.239.